The number of carboxylic acids is 1. The predicted octanol–water partition coefficient (Wildman–Crippen LogP) is 3.71. The van der Waals surface area contributed by atoms with Crippen LogP contribution in [0.2, 0.25) is 0 Å². The molecule has 2 saturated heterocycles. The molecule has 4 atom stereocenters. The Morgan fingerprint density at radius 3 is 1.41 bits per heavy atom. The van der Waals surface area contributed by atoms with Gasteiger partial charge in [-0.3, -0.25) is 14.5 Å². The second-order valence-electron chi connectivity index (χ2n) is 22.3. The fraction of sp³-hybridized carbons (Fsp3) is 0.468. The minimum absolute atomic E-state index is 0. The summed E-state index contributed by atoms with van der Waals surface area (Å²) in [6.45, 7) is 17.4. The number of nitrogens with one attached hydrogen (secondary N) is 5. The number of alkyl halides is 3. The van der Waals surface area contributed by atoms with Crippen LogP contribution in [-0.4, -0.2) is 161 Å². The third-order valence-corrected chi connectivity index (χ3v) is 12.6. The number of rotatable bonds is 20. The summed E-state index contributed by atoms with van der Waals surface area (Å²) in [4.78, 5) is 102. The van der Waals surface area contributed by atoms with E-state index in [0.717, 1.165) is 51.0 Å². The fourth-order valence-corrected chi connectivity index (χ4v) is 8.68. The van der Waals surface area contributed by atoms with Crippen LogP contribution in [0.4, 0.5) is 31.5 Å². The van der Waals surface area contributed by atoms with Gasteiger partial charge in [-0.1, -0.05) is 72.8 Å². The zero-order chi connectivity index (χ0) is 64.6. The van der Waals surface area contributed by atoms with E-state index in [0.29, 0.717) is 48.4 Å². The van der Waals surface area contributed by atoms with Gasteiger partial charge in [0.05, 0.1) is 0 Å². The van der Waals surface area contributed by atoms with Crippen molar-refractivity contribution in [1.29, 1.82) is 0 Å². The normalized spacial score (nSPS) is 14.5. The molecule has 2 fully saturated rings. The first-order chi connectivity index (χ1) is 40.3. The van der Waals surface area contributed by atoms with Crippen molar-refractivity contribution >= 4 is 60.0 Å². The summed E-state index contributed by atoms with van der Waals surface area (Å²) in [5.41, 5.74) is 0.0541. The van der Waals surface area contributed by atoms with Crippen LogP contribution >= 0.6 is 0 Å². The van der Waals surface area contributed by atoms with E-state index in [4.69, 9.17) is 19.4 Å². The number of carbonyl (C=O) groups excluding carboxylic acids is 8. The van der Waals surface area contributed by atoms with Crippen LogP contribution < -0.4 is 56.1 Å². The van der Waals surface area contributed by atoms with Crippen LogP contribution in [0.15, 0.2) is 109 Å². The number of benzene rings is 4. The van der Waals surface area contributed by atoms with E-state index in [1.54, 1.807) is 69.3 Å². The second kappa shape index (κ2) is 44.5. The Balaban J connectivity index is -0.000000568. The van der Waals surface area contributed by atoms with Gasteiger partial charge in [0.15, 0.2) is 0 Å². The summed E-state index contributed by atoms with van der Waals surface area (Å²) in [6, 6.07) is 31.4. The average Bonchev–Trinajstić information content (AvgIpc) is 3.15. The molecule has 496 valence electrons. The Kier molecular flexibility index (Phi) is 43.1. The number of nitrogens with zero attached hydrogens (tertiary/aromatic N) is 1. The minimum Gasteiger partial charge on any atom is -1.00 e. The van der Waals surface area contributed by atoms with Gasteiger partial charge in [-0.15, -0.1) is 0 Å². The number of aliphatic carboxylic acids is 1. The maximum atomic E-state index is 14.3. The van der Waals surface area contributed by atoms with E-state index in [1.165, 1.54) is 39.3 Å². The van der Waals surface area contributed by atoms with Gasteiger partial charge in [-0.05, 0) is 168 Å². The number of alkyl carbamates (subject to hydrolysis) is 2. The van der Waals surface area contributed by atoms with Crippen molar-refractivity contribution in [3.63, 3.8) is 0 Å². The number of carbonyl (C=O) groups is 9. The van der Waals surface area contributed by atoms with Crippen molar-refractivity contribution in [2.45, 2.75) is 155 Å². The van der Waals surface area contributed by atoms with Gasteiger partial charge in [0.2, 0.25) is 0 Å². The number of aldehydes is 1. The molecule has 4 aromatic carbocycles. The van der Waals surface area contributed by atoms with Crippen molar-refractivity contribution in [2.75, 3.05) is 32.7 Å². The van der Waals surface area contributed by atoms with Crippen LogP contribution in [0.5, 0.6) is 0 Å². The summed E-state index contributed by atoms with van der Waals surface area (Å²) in [7, 11) is 0. The smallest absolute Gasteiger partial charge is 1.00 e. The summed E-state index contributed by atoms with van der Waals surface area (Å²) in [6.07, 6.45) is 0.326. The average molecular weight is 1290 g/mol. The van der Waals surface area contributed by atoms with Gasteiger partial charge in [0.1, 0.15) is 46.2 Å². The summed E-state index contributed by atoms with van der Waals surface area (Å²) < 4.78 is 70.1. The molecule has 2 aliphatic heterocycles. The fourth-order valence-electron chi connectivity index (χ4n) is 8.68. The van der Waals surface area contributed by atoms with E-state index in [1.807, 2.05) is 69.3 Å². The van der Waals surface area contributed by atoms with Crippen molar-refractivity contribution in [2.24, 2.45) is 0 Å². The Morgan fingerprint density at radius 1 is 0.644 bits per heavy atom. The molecule has 90 heavy (non-hydrogen) atoms. The van der Waals surface area contributed by atoms with Crippen molar-refractivity contribution in [3.05, 3.63) is 143 Å². The second-order valence-corrected chi connectivity index (χ2v) is 22.3. The molecule has 12 N–H and O–H groups in total. The first-order valence-corrected chi connectivity index (χ1v) is 28.1. The molecule has 0 radical (unpaired) electrons. The third-order valence-electron chi connectivity index (χ3n) is 12.6. The van der Waals surface area contributed by atoms with E-state index < -0.39 is 48.3 Å². The molecule has 28 heteroatoms. The Hall–Kier alpha value is -6.98. The molecule has 21 nitrogen and oxygen atoms in total. The van der Waals surface area contributed by atoms with Gasteiger partial charge >= 0.3 is 60.6 Å². The molecule has 2 aliphatic rings. The standard InChI is InChI=1S/C27H36FN3O3.C15H20FNO3.C12H16N2O.C6H9BO3.C2HF3O2.Na.3H2O.H/c1-27(2,3)34-26(33)30-22(18-21-12-7-8-14-24(21)28)15-17-31-16-9-13-23(31)19-29-25(32)20-10-5-4-6-11-20;1-15(2,3)20-14(19)17-12(8-9-18)10-11-6-4-5-7-13(11)16;15-12(10-5-2-1-3-6-10)14-9-11-7-4-8-13-11;1-4(8)7(5(2)9)6(3)10;3-2(4,5)1(6)7;;;;;/h4-8,10-12,14,22-23H,9,13,15-19H2,1-3H3,(H,29,32)(H,30,33);4-7,9,12H,8,10H2,1-3H3,(H,17,19);1-3,5-6,11,13H,4,7-9H2,(H,14,15);1-3H3;(H,6,7);;3*1H2;/q;;;;;+1;;;;-1/t22-,23-;12-;11-;;;;;;;/m000......./s1. The van der Waals surface area contributed by atoms with Crippen LogP contribution in [0, 0.1) is 11.6 Å². The van der Waals surface area contributed by atoms with Gasteiger partial charge in [0, 0.05) is 61.3 Å². The molecule has 6 rings (SSSR count). The van der Waals surface area contributed by atoms with Crippen LogP contribution in [0.25, 0.3) is 0 Å². The SMILES string of the molecule is CC(=O)B(C(C)=O)C(C)=O.CC(C)(C)OC(=O)N[C@@H](CC=O)Cc1ccccc1F.CC(C)(C)OC(=O)N[C@@H](CCN1CCC[C@H]1CNC(=O)c1ccccc1)Cc1ccccc1F.O.O.O.O=C(NC[C@@H]1CCCN1)c1ccccc1.O=C(O)C(F)(F)F.[H-].[Na+]. The molecule has 0 saturated carbocycles. The third kappa shape index (κ3) is 37.2. The topological polar surface area (TPSA) is 350 Å². The number of carboxylic acid groups (broad SMARTS) is 1. The van der Waals surface area contributed by atoms with Crippen LogP contribution in [0.1, 0.15) is 134 Å². The van der Waals surface area contributed by atoms with Gasteiger partial charge in [-0.2, -0.15) is 13.2 Å². The molecule has 0 aliphatic carbocycles. The molecule has 0 spiro atoms. The number of hydrogen-bond acceptors (Lipinski definition) is 13. The molecule has 4 aromatic rings. The summed E-state index contributed by atoms with van der Waals surface area (Å²) in [5, 5.41) is 22.0. The van der Waals surface area contributed by atoms with Crippen molar-refractivity contribution in [3.8, 4) is 0 Å². The van der Waals surface area contributed by atoms with Crippen LogP contribution in [0.3, 0.4) is 0 Å². The van der Waals surface area contributed by atoms with Gasteiger partial charge in [-0.25, -0.2) is 23.2 Å². The zero-order valence-electron chi connectivity index (χ0n) is 53.8. The molecule has 0 aromatic heterocycles. The largest absolute Gasteiger partial charge is 1.00 e. The monoisotopic (exact) mass is 1290 g/mol. The minimum atomic E-state index is -5.08. The maximum absolute atomic E-state index is 14.3. The summed E-state index contributed by atoms with van der Waals surface area (Å²) in [5.74, 6) is -3.44. The Labute approximate surface area is 546 Å². The molecule has 4 amide bonds. The number of ether oxygens (including phenoxy) is 2. The number of halogens is 5. The Bertz CT molecular complexity index is 2790. The molecular formula is C62H89BF5N6NaO15. The van der Waals surface area contributed by atoms with Crippen molar-refractivity contribution < 1.29 is 127 Å². The maximum Gasteiger partial charge on any atom is 1.00 e. The van der Waals surface area contributed by atoms with Gasteiger partial charge < -0.3 is 78.2 Å². The number of hydrogen-bond donors (Lipinski definition) is 6. The molecule has 0 bridgehead atoms. The first-order valence-electron chi connectivity index (χ1n) is 28.1. The zero-order valence-corrected chi connectivity index (χ0v) is 54.8. The van der Waals surface area contributed by atoms with E-state index in [-0.39, 0.29) is 113 Å². The van der Waals surface area contributed by atoms with E-state index >= 15 is 0 Å². The quantitative estimate of drug-likeness (QED) is 0.0418. The van der Waals surface area contributed by atoms with Crippen molar-refractivity contribution in [1.82, 2.24) is 31.5 Å². The Morgan fingerprint density at radius 2 is 1.04 bits per heavy atom. The summed E-state index contributed by atoms with van der Waals surface area (Å²) >= 11 is 0. The molecular weight excluding hydrogens is 1200 g/mol. The number of likely N-dealkylation sites (tertiary alicyclic amines) is 1. The number of amides is 4. The van der Waals surface area contributed by atoms with E-state index in [9.17, 15) is 60.3 Å². The van der Waals surface area contributed by atoms with Crippen LogP contribution in [-0.2, 0) is 46.3 Å². The van der Waals surface area contributed by atoms with E-state index in [2.05, 4.69) is 31.5 Å². The molecule has 0 unspecified atom stereocenters. The predicted molar refractivity (Wildman–Crippen MR) is 328 cm³/mol. The first kappa shape index (κ1) is 87.2. The van der Waals surface area contributed by atoms with Gasteiger partial charge in [0.25, 0.3) is 11.8 Å². The molecule has 2 heterocycles.